The SMILES string of the molecule is CC[C@@H](NC(=O)c1ccccc1OC(C)C)c1ccc(OC)c(OC)c1. The Morgan fingerprint density at radius 2 is 1.69 bits per heavy atom. The highest BCUT2D eigenvalue weighted by molar-refractivity contribution is 5.97. The minimum Gasteiger partial charge on any atom is -0.493 e. The van der Waals surface area contributed by atoms with Crippen molar-refractivity contribution in [1.82, 2.24) is 5.32 Å². The van der Waals surface area contributed by atoms with Crippen LogP contribution in [0.3, 0.4) is 0 Å². The van der Waals surface area contributed by atoms with Crippen molar-refractivity contribution < 1.29 is 19.0 Å². The lowest BCUT2D eigenvalue weighted by molar-refractivity contribution is 0.0929. The van der Waals surface area contributed by atoms with Crippen molar-refractivity contribution in [3.63, 3.8) is 0 Å². The fraction of sp³-hybridized carbons (Fsp3) is 0.381. The lowest BCUT2D eigenvalue weighted by atomic mass is 10.0. The maximum Gasteiger partial charge on any atom is 0.255 e. The van der Waals surface area contributed by atoms with Crippen LogP contribution in [-0.2, 0) is 0 Å². The zero-order valence-electron chi connectivity index (χ0n) is 16.0. The van der Waals surface area contributed by atoms with Gasteiger partial charge < -0.3 is 19.5 Å². The summed E-state index contributed by atoms with van der Waals surface area (Å²) in [4.78, 5) is 12.8. The van der Waals surface area contributed by atoms with E-state index >= 15 is 0 Å². The normalized spacial score (nSPS) is 11.8. The van der Waals surface area contributed by atoms with Crippen LogP contribution in [0, 0.1) is 0 Å². The maximum absolute atomic E-state index is 12.8. The van der Waals surface area contributed by atoms with E-state index in [-0.39, 0.29) is 18.1 Å². The van der Waals surface area contributed by atoms with Gasteiger partial charge in [-0.3, -0.25) is 4.79 Å². The highest BCUT2D eigenvalue weighted by Gasteiger charge is 2.19. The second kappa shape index (κ2) is 9.13. The number of carbonyl (C=O) groups excluding carboxylic acids is 1. The first kappa shape index (κ1) is 19.6. The van der Waals surface area contributed by atoms with Crippen LogP contribution in [0.15, 0.2) is 42.5 Å². The lowest BCUT2D eigenvalue weighted by Gasteiger charge is -2.20. The van der Waals surface area contributed by atoms with Gasteiger partial charge >= 0.3 is 0 Å². The topological polar surface area (TPSA) is 56.8 Å². The molecule has 0 unspecified atom stereocenters. The third kappa shape index (κ3) is 4.69. The van der Waals surface area contributed by atoms with Gasteiger partial charge in [-0.25, -0.2) is 0 Å². The number of benzene rings is 2. The number of methoxy groups -OCH3 is 2. The number of para-hydroxylation sites is 1. The summed E-state index contributed by atoms with van der Waals surface area (Å²) >= 11 is 0. The molecule has 1 amide bonds. The number of ether oxygens (including phenoxy) is 3. The Morgan fingerprint density at radius 3 is 2.31 bits per heavy atom. The molecule has 2 rings (SSSR count). The van der Waals surface area contributed by atoms with Gasteiger partial charge in [-0.1, -0.05) is 25.1 Å². The Hall–Kier alpha value is -2.69. The van der Waals surface area contributed by atoms with Crippen LogP contribution in [0.5, 0.6) is 17.2 Å². The maximum atomic E-state index is 12.8. The van der Waals surface area contributed by atoms with Crippen LogP contribution in [0.4, 0.5) is 0 Å². The molecule has 0 heterocycles. The summed E-state index contributed by atoms with van der Waals surface area (Å²) in [6.45, 7) is 5.90. The Kier molecular flexibility index (Phi) is 6.89. The van der Waals surface area contributed by atoms with E-state index in [2.05, 4.69) is 5.32 Å². The van der Waals surface area contributed by atoms with E-state index in [4.69, 9.17) is 14.2 Å². The molecule has 0 aliphatic rings. The first-order chi connectivity index (χ1) is 12.5. The number of hydrogen-bond acceptors (Lipinski definition) is 4. The van der Waals surface area contributed by atoms with Crippen LogP contribution >= 0.6 is 0 Å². The summed E-state index contributed by atoms with van der Waals surface area (Å²) in [6.07, 6.45) is 0.741. The van der Waals surface area contributed by atoms with Gasteiger partial charge in [0.05, 0.1) is 31.9 Å². The Morgan fingerprint density at radius 1 is 1.00 bits per heavy atom. The molecule has 2 aromatic rings. The average molecular weight is 357 g/mol. The van der Waals surface area contributed by atoms with Crippen LogP contribution in [0.25, 0.3) is 0 Å². The van der Waals surface area contributed by atoms with Gasteiger partial charge in [-0.2, -0.15) is 0 Å². The standard InChI is InChI=1S/C21H27NO4/c1-6-17(15-11-12-19(24-4)20(13-15)25-5)22-21(23)16-9-7-8-10-18(16)26-14(2)3/h7-14,17H,6H2,1-5H3,(H,22,23)/t17-/m1/s1. The van der Waals surface area contributed by atoms with Crippen LogP contribution in [-0.4, -0.2) is 26.2 Å². The Labute approximate surface area is 155 Å². The van der Waals surface area contributed by atoms with Crippen molar-refractivity contribution >= 4 is 5.91 Å². The predicted octanol–water partition coefficient (Wildman–Crippen LogP) is 4.37. The molecule has 140 valence electrons. The minimum absolute atomic E-state index is 0.00299. The number of carbonyl (C=O) groups is 1. The molecule has 26 heavy (non-hydrogen) atoms. The molecule has 2 aromatic carbocycles. The van der Waals surface area contributed by atoms with Gasteiger partial charge in [-0.05, 0) is 50.1 Å². The molecular formula is C21H27NO4. The second-order valence-corrected chi connectivity index (χ2v) is 6.21. The quantitative estimate of drug-likeness (QED) is 0.762. The molecule has 1 N–H and O–H groups in total. The van der Waals surface area contributed by atoms with Crippen molar-refractivity contribution in [2.24, 2.45) is 0 Å². The molecule has 0 radical (unpaired) electrons. The molecule has 0 aromatic heterocycles. The second-order valence-electron chi connectivity index (χ2n) is 6.21. The Bertz CT molecular complexity index is 743. The first-order valence-corrected chi connectivity index (χ1v) is 8.78. The summed E-state index contributed by atoms with van der Waals surface area (Å²) in [5.41, 5.74) is 1.49. The zero-order valence-corrected chi connectivity index (χ0v) is 16.0. The third-order valence-corrected chi connectivity index (χ3v) is 4.02. The number of hydrogen-bond donors (Lipinski definition) is 1. The third-order valence-electron chi connectivity index (χ3n) is 4.02. The van der Waals surface area contributed by atoms with Crippen LogP contribution < -0.4 is 19.5 Å². The van der Waals surface area contributed by atoms with E-state index in [1.165, 1.54) is 0 Å². The van der Waals surface area contributed by atoms with Gasteiger partial charge in [0.25, 0.3) is 5.91 Å². The molecule has 0 bridgehead atoms. The summed E-state index contributed by atoms with van der Waals surface area (Å²) < 4.78 is 16.4. The molecule has 0 saturated carbocycles. The minimum atomic E-state index is -0.164. The molecule has 0 aliphatic carbocycles. The van der Waals surface area contributed by atoms with Crippen molar-refractivity contribution in [2.45, 2.75) is 39.3 Å². The van der Waals surface area contributed by atoms with E-state index in [0.717, 1.165) is 12.0 Å². The predicted molar refractivity (Wildman–Crippen MR) is 102 cm³/mol. The molecule has 0 aliphatic heterocycles. The van der Waals surface area contributed by atoms with Crippen molar-refractivity contribution in [3.8, 4) is 17.2 Å². The lowest BCUT2D eigenvalue weighted by Crippen LogP contribution is -2.28. The number of rotatable bonds is 8. The van der Waals surface area contributed by atoms with E-state index in [1.807, 2.05) is 57.2 Å². The first-order valence-electron chi connectivity index (χ1n) is 8.78. The van der Waals surface area contributed by atoms with Crippen molar-refractivity contribution in [2.75, 3.05) is 14.2 Å². The fourth-order valence-corrected chi connectivity index (χ4v) is 2.74. The van der Waals surface area contributed by atoms with Crippen molar-refractivity contribution in [3.05, 3.63) is 53.6 Å². The van der Waals surface area contributed by atoms with Crippen LogP contribution in [0.1, 0.15) is 49.2 Å². The molecular weight excluding hydrogens is 330 g/mol. The van der Waals surface area contributed by atoms with Crippen LogP contribution in [0.2, 0.25) is 0 Å². The van der Waals surface area contributed by atoms with E-state index in [1.54, 1.807) is 20.3 Å². The van der Waals surface area contributed by atoms with Gasteiger partial charge in [0, 0.05) is 0 Å². The highest BCUT2D eigenvalue weighted by atomic mass is 16.5. The average Bonchev–Trinajstić information content (AvgIpc) is 2.65. The fourth-order valence-electron chi connectivity index (χ4n) is 2.74. The number of nitrogens with one attached hydrogen (secondary N) is 1. The molecule has 0 saturated heterocycles. The van der Waals surface area contributed by atoms with Gasteiger partial charge in [0.2, 0.25) is 0 Å². The summed E-state index contributed by atoms with van der Waals surface area (Å²) in [5, 5.41) is 3.09. The molecule has 1 atom stereocenters. The zero-order chi connectivity index (χ0) is 19.1. The Balaban J connectivity index is 2.24. The van der Waals surface area contributed by atoms with E-state index in [0.29, 0.717) is 22.8 Å². The molecule has 5 heteroatoms. The molecule has 0 spiro atoms. The largest absolute Gasteiger partial charge is 0.493 e. The van der Waals surface area contributed by atoms with Gasteiger partial charge in [-0.15, -0.1) is 0 Å². The smallest absolute Gasteiger partial charge is 0.255 e. The van der Waals surface area contributed by atoms with Gasteiger partial charge in [0.1, 0.15) is 5.75 Å². The van der Waals surface area contributed by atoms with E-state index < -0.39 is 0 Å². The summed E-state index contributed by atoms with van der Waals surface area (Å²) in [5.74, 6) is 1.72. The molecule has 5 nitrogen and oxygen atoms in total. The molecule has 0 fully saturated rings. The highest BCUT2D eigenvalue weighted by Crippen LogP contribution is 2.31. The van der Waals surface area contributed by atoms with E-state index in [9.17, 15) is 4.79 Å². The summed E-state index contributed by atoms with van der Waals surface area (Å²) in [7, 11) is 3.20. The van der Waals surface area contributed by atoms with Crippen molar-refractivity contribution in [1.29, 1.82) is 0 Å². The monoisotopic (exact) mass is 357 g/mol. The van der Waals surface area contributed by atoms with Gasteiger partial charge in [0.15, 0.2) is 11.5 Å². The number of amides is 1. The summed E-state index contributed by atoms with van der Waals surface area (Å²) in [6, 6.07) is 12.8.